The maximum absolute atomic E-state index is 5.23. The van der Waals surface area contributed by atoms with Crippen LogP contribution in [-0.4, -0.2) is 15.0 Å². The monoisotopic (exact) mass is 747 g/mol. The molecule has 0 saturated carbocycles. The van der Waals surface area contributed by atoms with Gasteiger partial charge in [-0.25, -0.2) is 15.0 Å². The number of aromatic nitrogens is 3. The molecule has 0 N–H and O–H groups in total. The summed E-state index contributed by atoms with van der Waals surface area (Å²) in [5, 5.41) is 5.01. The second kappa shape index (κ2) is 14.0. The van der Waals surface area contributed by atoms with Crippen LogP contribution in [0.1, 0.15) is 51.7 Å². The zero-order chi connectivity index (χ0) is 39.4. The van der Waals surface area contributed by atoms with E-state index in [0.29, 0.717) is 17.5 Å². The highest BCUT2D eigenvalue weighted by Crippen LogP contribution is 2.47. The fourth-order valence-corrected chi connectivity index (χ4v) is 8.90. The van der Waals surface area contributed by atoms with E-state index in [-0.39, 0.29) is 10.8 Å². The van der Waals surface area contributed by atoms with E-state index in [1.165, 1.54) is 56.6 Å². The van der Waals surface area contributed by atoms with Crippen molar-refractivity contribution >= 4 is 21.5 Å². The lowest BCUT2D eigenvalue weighted by molar-refractivity contribution is 0.332. The van der Waals surface area contributed by atoms with Crippen molar-refractivity contribution in [2.45, 2.75) is 51.4 Å². The first-order valence-electron chi connectivity index (χ1n) is 20.4. The van der Waals surface area contributed by atoms with Crippen LogP contribution in [-0.2, 0) is 10.8 Å². The molecule has 8 aromatic carbocycles. The van der Waals surface area contributed by atoms with Gasteiger partial charge in [0, 0.05) is 16.7 Å². The van der Waals surface area contributed by atoms with Crippen LogP contribution in [0, 0.1) is 0 Å². The lowest BCUT2D eigenvalue weighted by atomic mass is 9.63. The normalized spacial score (nSPS) is 14.3. The molecule has 0 bridgehead atoms. The Kier molecular flexibility index (Phi) is 8.64. The molecule has 1 heterocycles. The van der Waals surface area contributed by atoms with Crippen LogP contribution in [0.25, 0.3) is 89.1 Å². The zero-order valence-electron chi connectivity index (χ0n) is 33.5. The molecule has 0 unspecified atom stereocenters. The van der Waals surface area contributed by atoms with Gasteiger partial charge in [0.25, 0.3) is 0 Å². The molecule has 0 aliphatic heterocycles. The van der Waals surface area contributed by atoms with Gasteiger partial charge in [-0.2, -0.15) is 0 Å². The Morgan fingerprint density at radius 1 is 0.328 bits per heavy atom. The van der Waals surface area contributed by atoms with Gasteiger partial charge >= 0.3 is 0 Å². The summed E-state index contributed by atoms with van der Waals surface area (Å²) in [5.74, 6) is 1.94. The molecule has 0 spiro atoms. The van der Waals surface area contributed by atoms with Gasteiger partial charge in [0.1, 0.15) is 0 Å². The van der Waals surface area contributed by atoms with Gasteiger partial charge in [0.15, 0.2) is 17.5 Å². The van der Waals surface area contributed by atoms with Crippen LogP contribution in [0.15, 0.2) is 176 Å². The molecule has 1 aromatic heterocycles. The van der Waals surface area contributed by atoms with Crippen LogP contribution in [0.4, 0.5) is 0 Å². The van der Waals surface area contributed by atoms with Crippen LogP contribution in [0.5, 0.6) is 0 Å². The van der Waals surface area contributed by atoms with E-state index >= 15 is 0 Å². The third kappa shape index (κ3) is 6.47. The molecule has 0 saturated heterocycles. The summed E-state index contributed by atoms with van der Waals surface area (Å²) in [6.07, 6.45) is 2.38. The quantitative estimate of drug-likeness (QED) is 0.159. The summed E-state index contributed by atoms with van der Waals surface area (Å²) in [6, 6.07) is 63.0. The minimum Gasteiger partial charge on any atom is -0.208 e. The number of benzene rings is 8. The van der Waals surface area contributed by atoms with E-state index in [4.69, 9.17) is 15.0 Å². The molecule has 3 heteroatoms. The van der Waals surface area contributed by atoms with Crippen molar-refractivity contribution in [3.05, 3.63) is 187 Å². The molecule has 58 heavy (non-hydrogen) atoms. The Balaban J connectivity index is 1.08. The third-order valence-corrected chi connectivity index (χ3v) is 12.4. The van der Waals surface area contributed by atoms with Gasteiger partial charge in [0.2, 0.25) is 0 Å². The van der Waals surface area contributed by atoms with Crippen LogP contribution in [0.2, 0.25) is 0 Å². The second-order valence-corrected chi connectivity index (χ2v) is 17.1. The smallest absolute Gasteiger partial charge is 0.164 e. The highest BCUT2D eigenvalue weighted by atomic mass is 15.0. The summed E-state index contributed by atoms with van der Waals surface area (Å²) in [5.41, 5.74) is 13.0. The topological polar surface area (TPSA) is 38.7 Å². The molecule has 9 aromatic rings. The molecule has 0 radical (unpaired) electrons. The van der Waals surface area contributed by atoms with Gasteiger partial charge < -0.3 is 0 Å². The molecular weight excluding hydrogens is 703 g/mol. The molecule has 0 fully saturated rings. The van der Waals surface area contributed by atoms with Gasteiger partial charge in [-0.15, -0.1) is 0 Å². The van der Waals surface area contributed by atoms with E-state index in [2.05, 4.69) is 198 Å². The third-order valence-electron chi connectivity index (χ3n) is 12.4. The number of fused-ring (bicyclic) bond motifs is 4. The molecule has 0 amide bonds. The molecule has 280 valence electrons. The fourth-order valence-electron chi connectivity index (χ4n) is 8.90. The molecular formula is C55H45N3. The number of nitrogens with zero attached hydrogens (tertiary/aromatic N) is 3. The van der Waals surface area contributed by atoms with Crippen molar-refractivity contribution < 1.29 is 0 Å². The van der Waals surface area contributed by atoms with E-state index in [1.807, 2.05) is 6.07 Å². The van der Waals surface area contributed by atoms with Gasteiger partial charge in [0.05, 0.1) is 0 Å². The van der Waals surface area contributed by atoms with Crippen molar-refractivity contribution in [3.8, 4) is 67.5 Å². The number of hydrogen-bond donors (Lipinski definition) is 0. The molecule has 1 aliphatic carbocycles. The lowest BCUT2D eigenvalue weighted by Gasteiger charge is -2.42. The first-order chi connectivity index (χ1) is 28.2. The molecule has 1 aliphatic rings. The Labute approximate surface area is 341 Å². The molecule has 3 nitrogen and oxygen atoms in total. The highest BCUT2D eigenvalue weighted by molar-refractivity contribution is 6.08. The Hall–Kier alpha value is -6.71. The first kappa shape index (κ1) is 35.7. The van der Waals surface area contributed by atoms with E-state index in [1.54, 1.807) is 0 Å². The van der Waals surface area contributed by atoms with Crippen LogP contribution >= 0.6 is 0 Å². The lowest BCUT2D eigenvalue weighted by Crippen LogP contribution is -2.33. The average molecular weight is 748 g/mol. The van der Waals surface area contributed by atoms with Gasteiger partial charge in [-0.1, -0.05) is 191 Å². The Morgan fingerprint density at radius 3 is 1.64 bits per heavy atom. The van der Waals surface area contributed by atoms with Crippen LogP contribution < -0.4 is 0 Å². The summed E-state index contributed by atoms with van der Waals surface area (Å²) < 4.78 is 0. The second-order valence-electron chi connectivity index (χ2n) is 17.1. The van der Waals surface area contributed by atoms with E-state index < -0.39 is 0 Å². The minimum absolute atomic E-state index is 0.126. The van der Waals surface area contributed by atoms with Crippen molar-refractivity contribution in [3.63, 3.8) is 0 Å². The number of hydrogen-bond acceptors (Lipinski definition) is 3. The predicted octanol–water partition coefficient (Wildman–Crippen LogP) is 14.5. The van der Waals surface area contributed by atoms with Crippen molar-refractivity contribution in [1.29, 1.82) is 0 Å². The minimum atomic E-state index is 0.126. The predicted molar refractivity (Wildman–Crippen MR) is 243 cm³/mol. The maximum Gasteiger partial charge on any atom is 0.164 e. The SMILES string of the molecule is CC1(C)CCC(C)(C)c2cc(-c3cccc(-c4nc(-c5ccc(-c6ccc7ccc8ccccc8c7c6)cc5)nc(-c5ccccc5-c5ccccc5)n4)c3)ccc21. The first-order valence-corrected chi connectivity index (χ1v) is 20.4. The van der Waals surface area contributed by atoms with Crippen molar-refractivity contribution in [2.24, 2.45) is 0 Å². The van der Waals surface area contributed by atoms with E-state index in [0.717, 1.165) is 38.9 Å². The highest BCUT2D eigenvalue weighted by Gasteiger charge is 2.37. The van der Waals surface area contributed by atoms with Crippen molar-refractivity contribution in [1.82, 2.24) is 15.0 Å². The van der Waals surface area contributed by atoms with Gasteiger partial charge in [-0.05, 0) is 102 Å². The maximum atomic E-state index is 5.23. The number of rotatable bonds is 6. The largest absolute Gasteiger partial charge is 0.208 e. The van der Waals surface area contributed by atoms with Crippen molar-refractivity contribution in [2.75, 3.05) is 0 Å². The van der Waals surface area contributed by atoms with Gasteiger partial charge in [-0.3, -0.25) is 0 Å². The summed E-state index contributed by atoms with van der Waals surface area (Å²) >= 11 is 0. The average Bonchev–Trinajstić information content (AvgIpc) is 3.28. The standard InChI is InChI=1S/C55H45N3/c1-54(2)31-32-55(3,4)50-35-43(29-30-49(50)54)41-16-12-17-44(33-41)52-56-51(57-53(58-52)47-20-11-10-18-45(47)37-13-6-5-7-14-37)40-26-21-36(22-27-40)42-28-25-39-24-23-38-15-8-9-19-46(38)48(39)34-42/h5-30,33-35H,31-32H2,1-4H3. The Morgan fingerprint density at radius 2 is 0.845 bits per heavy atom. The summed E-state index contributed by atoms with van der Waals surface area (Å²) in [6.45, 7) is 9.54. The molecule has 0 atom stereocenters. The van der Waals surface area contributed by atoms with E-state index in [9.17, 15) is 0 Å². The fraction of sp³-hybridized carbons (Fsp3) is 0.145. The Bertz CT molecular complexity index is 2990. The summed E-state index contributed by atoms with van der Waals surface area (Å²) in [4.78, 5) is 15.6. The van der Waals surface area contributed by atoms with Crippen LogP contribution in [0.3, 0.4) is 0 Å². The zero-order valence-corrected chi connectivity index (χ0v) is 33.5. The molecule has 10 rings (SSSR count). The summed E-state index contributed by atoms with van der Waals surface area (Å²) in [7, 11) is 0.